The lowest BCUT2D eigenvalue weighted by atomic mass is 10.1. The number of anilines is 1. The normalized spacial score (nSPS) is 10.5. The summed E-state index contributed by atoms with van der Waals surface area (Å²) in [6.45, 7) is 2.92. The Balaban J connectivity index is 2.48. The fraction of sp³-hybridized carbons (Fsp3) is 0.182. The third-order valence-corrected chi connectivity index (χ3v) is 2.78. The number of rotatable bonds is 2. The van der Waals surface area contributed by atoms with Gasteiger partial charge in [-0.05, 0) is 35.0 Å². The number of hydrogen-bond acceptors (Lipinski definition) is 2. The number of aromatic nitrogens is 2. The van der Waals surface area contributed by atoms with Gasteiger partial charge in [-0.25, -0.2) is 0 Å². The molecule has 2 rings (SSSR count). The zero-order valence-corrected chi connectivity index (χ0v) is 10.0. The van der Waals surface area contributed by atoms with Crippen molar-refractivity contribution in [2.75, 3.05) is 5.73 Å². The molecule has 0 radical (unpaired) electrons. The molecule has 0 amide bonds. The van der Waals surface area contributed by atoms with Gasteiger partial charge in [0.25, 0.3) is 0 Å². The first-order chi connectivity index (χ1) is 7.20. The van der Waals surface area contributed by atoms with E-state index in [0.717, 1.165) is 28.0 Å². The van der Waals surface area contributed by atoms with Crippen LogP contribution in [0, 0.1) is 0 Å². The van der Waals surface area contributed by atoms with Crippen LogP contribution in [0.2, 0.25) is 0 Å². The van der Waals surface area contributed by atoms with Crippen LogP contribution in [0.3, 0.4) is 0 Å². The molecule has 0 aliphatic heterocycles. The molecule has 0 aliphatic carbocycles. The molecule has 78 valence electrons. The average Bonchev–Trinajstić information content (AvgIpc) is 2.60. The van der Waals surface area contributed by atoms with Gasteiger partial charge in [0.15, 0.2) is 0 Å². The topological polar surface area (TPSA) is 43.8 Å². The highest BCUT2D eigenvalue weighted by atomic mass is 79.9. The number of halogens is 1. The Bertz CT molecular complexity index is 476. The second kappa shape index (κ2) is 4.06. The SMILES string of the molecule is CCn1cc(Br)c(-c2cccc(N)c2)n1. The Labute approximate surface area is 97.0 Å². The van der Waals surface area contributed by atoms with Crippen molar-refractivity contribution in [2.45, 2.75) is 13.5 Å². The lowest BCUT2D eigenvalue weighted by Crippen LogP contribution is -1.94. The number of nitrogens with zero attached hydrogens (tertiary/aromatic N) is 2. The Morgan fingerprint density at radius 1 is 1.47 bits per heavy atom. The van der Waals surface area contributed by atoms with Crippen molar-refractivity contribution >= 4 is 21.6 Å². The van der Waals surface area contributed by atoms with E-state index in [-0.39, 0.29) is 0 Å². The van der Waals surface area contributed by atoms with Crippen LogP contribution in [0.5, 0.6) is 0 Å². The Morgan fingerprint density at radius 2 is 2.27 bits per heavy atom. The zero-order valence-electron chi connectivity index (χ0n) is 8.44. The molecule has 15 heavy (non-hydrogen) atoms. The van der Waals surface area contributed by atoms with E-state index in [9.17, 15) is 0 Å². The number of aryl methyl sites for hydroxylation is 1. The highest BCUT2D eigenvalue weighted by Crippen LogP contribution is 2.27. The minimum atomic E-state index is 0.755. The standard InChI is InChI=1S/C11H12BrN3/c1-2-15-7-10(12)11(14-15)8-4-3-5-9(13)6-8/h3-7H,2,13H2,1H3. The predicted octanol–water partition coefficient (Wildman–Crippen LogP) is 2.91. The van der Waals surface area contributed by atoms with Crippen LogP contribution in [-0.4, -0.2) is 9.78 Å². The van der Waals surface area contributed by atoms with Crippen LogP contribution < -0.4 is 5.73 Å². The van der Waals surface area contributed by atoms with Crippen LogP contribution in [0.1, 0.15) is 6.92 Å². The van der Waals surface area contributed by atoms with Crippen molar-refractivity contribution in [3.05, 3.63) is 34.9 Å². The van der Waals surface area contributed by atoms with Gasteiger partial charge in [-0.1, -0.05) is 12.1 Å². The van der Waals surface area contributed by atoms with Gasteiger partial charge in [-0.3, -0.25) is 4.68 Å². The molecule has 3 nitrogen and oxygen atoms in total. The van der Waals surface area contributed by atoms with Crippen molar-refractivity contribution in [2.24, 2.45) is 0 Å². The summed E-state index contributed by atoms with van der Waals surface area (Å²) >= 11 is 3.50. The molecule has 1 aromatic heterocycles. The fourth-order valence-corrected chi connectivity index (χ4v) is 1.99. The summed E-state index contributed by atoms with van der Waals surface area (Å²) in [6.07, 6.45) is 1.97. The second-order valence-corrected chi connectivity index (χ2v) is 4.16. The van der Waals surface area contributed by atoms with Crippen LogP contribution >= 0.6 is 15.9 Å². The van der Waals surface area contributed by atoms with Crippen LogP contribution in [0.15, 0.2) is 34.9 Å². The number of hydrogen-bond donors (Lipinski definition) is 1. The van der Waals surface area contributed by atoms with Gasteiger partial charge >= 0.3 is 0 Å². The molecule has 0 saturated heterocycles. The lowest BCUT2D eigenvalue weighted by molar-refractivity contribution is 0.662. The van der Waals surface area contributed by atoms with Crippen molar-refractivity contribution < 1.29 is 0 Å². The summed E-state index contributed by atoms with van der Waals surface area (Å²) in [5, 5.41) is 4.45. The van der Waals surface area contributed by atoms with E-state index >= 15 is 0 Å². The number of benzene rings is 1. The maximum atomic E-state index is 5.74. The van der Waals surface area contributed by atoms with E-state index in [1.54, 1.807) is 0 Å². The molecular formula is C11H12BrN3. The van der Waals surface area contributed by atoms with E-state index in [1.807, 2.05) is 35.1 Å². The first kappa shape index (κ1) is 10.2. The van der Waals surface area contributed by atoms with Gasteiger partial charge in [-0.15, -0.1) is 0 Å². The molecule has 4 heteroatoms. The van der Waals surface area contributed by atoms with Gasteiger partial charge in [0.1, 0.15) is 5.69 Å². The zero-order chi connectivity index (χ0) is 10.8. The van der Waals surface area contributed by atoms with Gasteiger partial charge in [-0.2, -0.15) is 5.10 Å². The molecule has 0 spiro atoms. The molecule has 2 aromatic rings. The molecule has 0 unspecified atom stereocenters. The molecule has 0 saturated carbocycles. The van der Waals surface area contributed by atoms with Crippen molar-refractivity contribution in [3.63, 3.8) is 0 Å². The third kappa shape index (κ3) is 2.04. The summed E-state index contributed by atoms with van der Waals surface area (Å²) in [6, 6.07) is 7.73. The largest absolute Gasteiger partial charge is 0.399 e. The smallest absolute Gasteiger partial charge is 0.107 e. The molecular weight excluding hydrogens is 254 g/mol. The highest BCUT2D eigenvalue weighted by Gasteiger charge is 2.08. The summed E-state index contributed by atoms with van der Waals surface area (Å²) in [5.74, 6) is 0. The second-order valence-electron chi connectivity index (χ2n) is 3.31. The van der Waals surface area contributed by atoms with Crippen molar-refractivity contribution in [1.82, 2.24) is 9.78 Å². The first-order valence-electron chi connectivity index (χ1n) is 4.79. The van der Waals surface area contributed by atoms with Gasteiger partial charge in [0.05, 0.1) is 4.47 Å². The molecule has 0 aliphatic rings. The maximum absolute atomic E-state index is 5.74. The number of nitrogens with two attached hydrogens (primary N) is 1. The van der Waals surface area contributed by atoms with E-state index in [0.29, 0.717) is 0 Å². The first-order valence-corrected chi connectivity index (χ1v) is 5.59. The van der Waals surface area contributed by atoms with Gasteiger partial charge in [0, 0.05) is 24.0 Å². The minimum absolute atomic E-state index is 0.755. The molecule has 1 aromatic carbocycles. The van der Waals surface area contributed by atoms with Crippen LogP contribution in [0.25, 0.3) is 11.3 Å². The Hall–Kier alpha value is -1.29. The third-order valence-electron chi connectivity index (χ3n) is 2.20. The van der Waals surface area contributed by atoms with E-state index in [2.05, 4.69) is 28.0 Å². The summed E-state index contributed by atoms with van der Waals surface area (Å²) in [5.41, 5.74) is 8.46. The van der Waals surface area contributed by atoms with Gasteiger partial charge < -0.3 is 5.73 Å². The summed E-state index contributed by atoms with van der Waals surface area (Å²) < 4.78 is 2.89. The summed E-state index contributed by atoms with van der Waals surface area (Å²) in [4.78, 5) is 0. The molecule has 2 N–H and O–H groups in total. The quantitative estimate of drug-likeness (QED) is 0.849. The maximum Gasteiger partial charge on any atom is 0.107 e. The van der Waals surface area contributed by atoms with E-state index < -0.39 is 0 Å². The minimum Gasteiger partial charge on any atom is -0.399 e. The number of nitrogen functional groups attached to an aromatic ring is 1. The van der Waals surface area contributed by atoms with Crippen molar-refractivity contribution in [1.29, 1.82) is 0 Å². The monoisotopic (exact) mass is 265 g/mol. The Kier molecular flexibility index (Phi) is 2.77. The van der Waals surface area contributed by atoms with Gasteiger partial charge in [0.2, 0.25) is 0 Å². The average molecular weight is 266 g/mol. The lowest BCUT2D eigenvalue weighted by Gasteiger charge is -1.99. The van der Waals surface area contributed by atoms with E-state index in [1.165, 1.54) is 0 Å². The molecule has 0 atom stereocenters. The van der Waals surface area contributed by atoms with Crippen LogP contribution in [-0.2, 0) is 6.54 Å². The summed E-state index contributed by atoms with van der Waals surface area (Å²) in [7, 11) is 0. The van der Waals surface area contributed by atoms with Crippen LogP contribution in [0.4, 0.5) is 5.69 Å². The van der Waals surface area contributed by atoms with Crippen molar-refractivity contribution in [3.8, 4) is 11.3 Å². The van der Waals surface area contributed by atoms with E-state index in [4.69, 9.17) is 5.73 Å². The fourth-order valence-electron chi connectivity index (χ4n) is 1.44. The highest BCUT2D eigenvalue weighted by molar-refractivity contribution is 9.10. The molecule has 0 bridgehead atoms. The molecule has 0 fully saturated rings. The Morgan fingerprint density at radius 3 is 2.87 bits per heavy atom. The predicted molar refractivity (Wildman–Crippen MR) is 65.4 cm³/mol. The molecule has 1 heterocycles.